The Morgan fingerprint density at radius 1 is 1.05 bits per heavy atom. The summed E-state index contributed by atoms with van der Waals surface area (Å²) in [4.78, 5) is 0. The van der Waals surface area contributed by atoms with E-state index in [0.29, 0.717) is 16.6 Å². The van der Waals surface area contributed by atoms with Crippen LogP contribution in [-0.2, 0) is 6.54 Å². The largest absolute Gasteiger partial charge is 0.381 e. The molecule has 0 saturated carbocycles. The molecule has 3 aromatic rings. The van der Waals surface area contributed by atoms with Gasteiger partial charge in [-0.1, -0.05) is 23.2 Å². The van der Waals surface area contributed by atoms with Gasteiger partial charge in [0.2, 0.25) is 0 Å². The number of fused-ring (bicyclic) bond motifs is 1. The van der Waals surface area contributed by atoms with Crippen LogP contribution >= 0.6 is 23.2 Å². The van der Waals surface area contributed by atoms with Crippen molar-refractivity contribution in [2.45, 2.75) is 6.54 Å². The zero-order chi connectivity index (χ0) is 13.2. The number of aromatic nitrogens is 2. The first-order valence-corrected chi connectivity index (χ1v) is 6.58. The number of benzene rings is 2. The Labute approximate surface area is 120 Å². The Balaban J connectivity index is 1.77. The summed E-state index contributed by atoms with van der Waals surface area (Å²) in [5.41, 5.74) is 3.07. The summed E-state index contributed by atoms with van der Waals surface area (Å²) in [5, 5.41) is 12.7. The van der Waals surface area contributed by atoms with E-state index >= 15 is 0 Å². The first-order valence-electron chi connectivity index (χ1n) is 5.83. The molecule has 2 aromatic carbocycles. The normalized spacial score (nSPS) is 10.8. The number of H-pyrrole nitrogens is 1. The van der Waals surface area contributed by atoms with Crippen LogP contribution in [0.3, 0.4) is 0 Å². The molecular formula is C14H11Cl2N3. The smallest absolute Gasteiger partial charge is 0.0670 e. The molecule has 19 heavy (non-hydrogen) atoms. The Bertz CT molecular complexity index is 701. The van der Waals surface area contributed by atoms with Crippen LogP contribution in [0, 0.1) is 0 Å². The van der Waals surface area contributed by atoms with Crippen molar-refractivity contribution in [2.24, 2.45) is 0 Å². The third-order valence-corrected chi connectivity index (χ3v) is 3.30. The monoisotopic (exact) mass is 291 g/mol. The molecule has 0 fully saturated rings. The van der Waals surface area contributed by atoms with Crippen LogP contribution in [0.15, 0.2) is 42.6 Å². The lowest BCUT2D eigenvalue weighted by Crippen LogP contribution is -1.99. The Kier molecular flexibility index (Phi) is 3.32. The van der Waals surface area contributed by atoms with Crippen LogP contribution in [-0.4, -0.2) is 10.2 Å². The molecule has 1 aromatic heterocycles. The van der Waals surface area contributed by atoms with Crippen molar-refractivity contribution >= 4 is 39.8 Å². The second-order valence-corrected chi connectivity index (χ2v) is 5.18. The van der Waals surface area contributed by atoms with E-state index < -0.39 is 0 Å². The van der Waals surface area contributed by atoms with Crippen LogP contribution < -0.4 is 5.32 Å². The van der Waals surface area contributed by atoms with Gasteiger partial charge in [0, 0.05) is 27.7 Å². The van der Waals surface area contributed by atoms with Gasteiger partial charge in [0.1, 0.15) is 0 Å². The second kappa shape index (κ2) is 5.11. The lowest BCUT2D eigenvalue weighted by atomic mass is 10.2. The number of rotatable bonds is 3. The number of hydrogen-bond acceptors (Lipinski definition) is 2. The average molecular weight is 292 g/mol. The van der Waals surface area contributed by atoms with E-state index in [9.17, 15) is 0 Å². The summed E-state index contributed by atoms with van der Waals surface area (Å²) < 4.78 is 0. The molecule has 0 aliphatic heterocycles. The third kappa shape index (κ3) is 2.83. The van der Waals surface area contributed by atoms with Crippen molar-refractivity contribution in [3.05, 3.63) is 58.2 Å². The molecule has 0 amide bonds. The third-order valence-electron chi connectivity index (χ3n) is 2.86. The number of aromatic amines is 1. The van der Waals surface area contributed by atoms with Crippen LogP contribution in [0.1, 0.15) is 5.56 Å². The molecule has 2 N–H and O–H groups in total. The molecule has 0 atom stereocenters. The van der Waals surface area contributed by atoms with Crippen molar-refractivity contribution in [1.82, 2.24) is 10.2 Å². The molecule has 96 valence electrons. The van der Waals surface area contributed by atoms with E-state index in [2.05, 4.69) is 15.5 Å². The van der Waals surface area contributed by atoms with E-state index in [-0.39, 0.29) is 0 Å². The predicted octanol–water partition coefficient (Wildman–Crippen LogP) is 4.48. The maximum absolute atomic E-state index is 5.97. The maximum Gasteiger partial charge on any atom is 0.0670 e. The SMILES string of the molecule is Clc1cc(Cl)cc(CNc2ccc3cn[nH]c3c2)c1. The summed E-state index contributed by atoms with van der Waals surface area (Å²) in [6.45, 7) is 0.667. The molecule has 0 bridgehead atoms. The molecule has 1 heterocycles. The van der Waals surface area contributed by atoms with Gasteiger partial charge < -0.3 is 5.32 Å². The van der Waals surface area contributed by atoms with Gasteiger partial charge in [0.25, 0.3) is 0 Å². The molecule has 0 aliphatic rings. The Morgan fingerprint density at radius 2 is 1.84 bits per heavy atom. The highest BCUT2D eigenvalue weighted by molar-refractivity contribution is 6.34. The van der Waals surface area contributed by atoms with E-state index in [1.165, 1.54) is 0 Å². The van der Waals surface area contributed by atoms with Gasteiger partial charge in [-0.3, -0.25) is 5.10 Å². The summed E-state index contributed by atoms with van der Waals surface area (Å²) in [6, 6.07) is 11.6. The van der Waals surface area contributed by atoms with Gasteiger partial charge in [0.05, 0.1) is 11.7 Å². The molecule has 0 saturated heterocycles. The van der Waals surface area contributed by atoms with Crippen LogP contribution in [0.25, 0.3) is 10.9 Å². The van der Waals surface area contributed by atoms with Crippen LogP contribution in [0.2, 0.25) is 10.0 Å². The van der Waals surface area contributed by atoms with Crippen molar-refractivity contribution in [3.63, 3.8) is 0 Å². The van der Waals surface area contributed by atoms with E-state index in [0.717, 1.165) is 22.2 Å². The standard InChI is InChI=1S/C14H11Cl2N3/c15-11-3-9(4-12(16)5-11)7-17-13-2-1-10-8-18-19-14(10)6-13/h1-6,8,17H,7H2,(H,18,19). The molecule has 5 heteroatoms. The zero-order valence-corrected chi connectivity index (χ0v) is 11.5. The molecular weight excluding hydrogens is 281 g/mol. The Hall–Kier alpha value is -1.71. The molecule has 3 rings (SSSR count). The first-order chi connectivity index (χ1) is 9.20. The fourth-order valence-electron chi connectivity index (χ4n) is 1.96. The number of nitrogens with one attached hydrogen (secondary N) is 2. The predicted molar refractivity (Wildman–Crippen MR) is 79.9 cm³/mol. The minimum absolute atomic E-state index is 0.647. The minimum atomic E-state index is 0.647. The summed E-state index contributed by atoms with van der Waals surface area (Å²) >= 11 is 11.9. The Morgan fingerprint density at radius 3 is 2.63 bits per heavy atom. The first kappa shape index (κ1) is 12.3. The van der Waals surface area contributed by atoms with E-state index in [4.69, 9.17) is 23.2 Å². The summed E-state index contributed by atoms with van der Waals surface area (Å²) in [6.07, 6.45) is 1.80. The lowest BCUT2D eigenvalue weighted by Gasteiger charge is -2.07. The van der Waals surface area contributed by atoms with E-state index in [1.807, 2.05) is 30.3 Å². The molecule has 0 unspecified atom stereocenters. The van der Waals surface area contributed by atoms with Gasteiger partial charge in [-0.15, -0.1) is 0 Å². The van der Waals surface area contributed by atoms with Crippen molar-refractivity contribution in [3.8, 4) is 0 Å². The fraction of sp³-hybridized carbons (Fsp3) is 0.0714. The number of halogens is 2. The molecule has 0 spiro atoms. The van der Waals surface area contributed by atoms with Gasteiger partial charge in [-0.05, 0) is 42.0 Å². The molecule has 3 nitrogen and oxygen atoms in total. The van der Waals surface area contributed by atoms with Gasteiger partial charge in [0.15, 0.2) is 0 Å². The summed E-state index contributed by atoms with van der Waals surface area (Å²) in [5.74, 6) is 0. The highest BCUT2D eigenvalue weighted by Gasteiger charge is 2.00. The van der Waals surface area contributed by atoms with Crippen LogP contribution in [0.4, 0.5) is 5.69 Å². The second-order valence-electron chi connectivity index (χ2n) is 4.30. The van der Waals surface area contributed by atoms with Gasteiger partial charge in [-0.25, -0.2) is 0 Å². The zero-order valence-electron chi connectivity index (χ0n) is 9.95. The quantitative estimate of drug-likeness (QED) is 0.747. The highest BCUT2D eigenvalue weighted by Crippen LogP contribution is 2.21. The topological polar surface area (TPSA) is 40.7 Å². The van der Waals surface area contributed by atoms with Gasteiger partial charge >= 0.3 is 0 Å². The van der Waals surface area contributed by atoms with E-state index in [1.54, 1.807) is 12.3 Å². The van der Waals surface area contributed by atoms with Gasteiger partial charge in [-0.2, -0.15) is 5.10 Å². The number of hydrogen-bond donors (Lipinski definition) is 2. The maximum atomic E-state index is 5.97. The van der Waals surface area contributed by atoms with Crippen molar-refractivity contribution in [2.75, 3.05) is 5.32 Å². The summed E-state index contributed by atoms with van der Waals surface area (Å²) in [7, 11) is 0. The lowest BCUT2D eigenvalue weighted by molar-refractivity contribution is 1.12. The number of anilines is 1. The minimum Gasteiger partial charge on any atom is -0.381 e. The van der Waals surface area contributed by atoms with Crippen LogP contribution in [0.5, 0.6) is 0 Å². The molecule has 0 radical (unpaired) electrons. The van der Waals surface area contributed by atoms with Crippen molar-refractivity contribution < 1.29 is 0 Å². The average Bonchev–Trinajstić information content (AvgIpc) is 2.82. The number of nitrogens with zero attached hydrogens (tertiary/aromatic N) is 1. The molecule has 0 aliphatic carbocycles. The fourth-order valence-corrected chi connectivity index (χ4v) is 2.54. The van der Waals surface area contributed by atoms with Crippen molar-refractivity contribution in [1.29, 1.82) is 0 Å². The highest BCUT2D eigenvalue weighted by atomic mass is 35.5.